The molecule has 0 heterocycles. The van der Waals surface area contributed by atoms with Gasteiger partial charge in [-0.05, 0) is 19.3 Å². The van der Waals surface area contributed by atoms with E-state index in [1.165, 1.54) is 0 Å². The van der Waals surface area contributed by atoms with Gasteiger partial charge in [0, 0.05) is 12.1 Å². The van der Waals surface area contributed by atoms with E-state index in [1.54, 1.807) is 0 Å². The van der Waals surface area contributed by atoms with Gasteiger partial charge in [-0.2, -0.15) is 4.39 Å². The predicted molar refractivity (Wildman–Crippen MR) is 64.7 cm³/mol. The van der Waals surface area contributed by atoms with Crippen molar-refractivity contribution in [3.05, 3.63) is 39.4 Å². The number of nitro benzene ring substituents is 1. The van der Waals surface area contributed by atoms with Gasteiger partial charge in [0.1, 0.15) is 11.4 Å². The number of carboxylic acid groups (broad SMARTS) is 1. The van der Waals surface area contributed by atoms with E-state index in [-0.39, 0.29) is 18.9 Å². The SMILES string of the molecule is O=C(NC1(C(=O)O)CCC1)c1cc([N+](=O)[O-])c(F)cc1F. The number of hydrogen-bond acceptors (Lipinski definition) is 4. The molecule has 2 rings (SSSR count). The minimum absolute atomic E-state index is 0.180. The van der Waals surface area contributed by atoms with Gasteiger partial charge < -0.3 is 10.4 Å². The van der Waals surface area contributed by atoms with Crippen LogP contribution in [0.25, 0.3) is 0 Å². The first-order valence-corrected chi connectivity index (χ1v) is 5.96. The molecule has 0 radical (unpaired) electrons. The van der Waals surface area contributed by atoms with Crippen LogP contribution in [0.15, 0.2) is 12.1 Å². The summed E-state index contributed by atoms with van der Waals surface area (Å²) in [4.78, 5) is 32.5. The highest BCUT2D eigenvalue weighted by Gasteiger charge is 2.46. The van der Waals surface area contributed by atoms with Crippen LogP contribution in [0.3, 0.4) is 0 Å². The Morgan fingerprint density at radius 3 is 2.33 bits per heavy atom. The summed E-state index contributed by atoms with van der Waals surface area (Å²) in [6.07, 6.45) is 0.941. The lowest BCUT2D eigenvalue weighted by Crippen LogP contribution is -2.59. The molecule has 112 valence electrons. The summed E-state index contributed by atoms with van der Waals surface area (Å²) < 4.78 is 26.8. The second kappa shape index (κ2) is 5.08. The fraction of sp³-hybridized carbons (Fsp3) is 0.333. The number of amides is 1. The maximum Gasteiger partial charge on any atom is 0.329 e. The Balaban J connectivity index is 2.33. The molecule has 0 unspecified atom stereocenters. The maximum atomic E-state index is 13.6. The van der Waals surface area contributed by atoms with Gasteiger partial charge in [0.25, 0.3) is 5.91 Å². The quantitative estimate of drug-likeness (QED) is 0.648. The van der Waals surface area contributed by atoms with E-state index in [0.29, 0.717) is 12.5 Å². The molecule has 0 atom stereocenters. The summed E-state index contributed by atoms with van der Waals surface area (Å²) in [6.45, 7) is 0. The van der Waals surface area contributed by atoms with Crippen LogP contribution in [0.2, 0.25) is 0 Å². The first-order valence-electron chi connectivity index (χ1n) is 5.96. The molecule has 1 saturated carbocycles. The average molecular weight is 300 g/mol. The number of nitrogens with one attached hydrogen (secondary N) is 1. The molecule has 1 aliphatic rings. The van der Waals surface area contributed by atoms with Crippen LogP contribution < -0.4 is 5.32 Å². The Kier molecular flexibility index (Phi) is 3.58. The van der Waals surface area contributed by atoms with Gasteiger partial charge in [-0.1, -0.05) is 0 Å². The van der Waals surface area contributed by atoms with Crippen molar-refractivity contribution in [1.29, 1.82) is 0 Å². The lowest BCUT2D eigenvalue weighted by Gasteiger charge is -2.38. The summed E-state index contributed by atoms with van der Waals surface area (Å²) in [5, 5.41) is 21.8. The standard InChI is InChI=1S/C12H10F2N2O5/c13-7-5-8(14)9(16(20)21)4-6(7)10(17)15-12(11(18)19)2-1-3-12/h4-5H,1-3H2,(H,15,17)(H,18,19). The number of carboxylic acids is 1. The Labute approximate surface area is 116 Å². The number of hydrogen-bond donors (Lipinski definition) is 2. The van der Waals surface area contributed by atoms with E-state index in [0.717, 1.165) is 0 Å². The topological polar surface area (TPSA) is 110 Å². The van der Waals surface area contributed by atoms with Crippen LogP contribution in [0, 0.1) is 21.7 Å². The van der Waals surface area contributed by atoms with Crippen LogP contribution in [0.1, 0.15) is 29.6 Å². The van der Waals surface area contributed by atoms with E-state index >= 15 is 0 Å². The second-order valence-corrected chi connectivity index (χ2v) is 4.74. The summed E-state index contributed by atoms with van der Waals surface area (Å²) in [7, 11) is 0. The van der Waals surface area contributed by atoms with Crippen molar-refractivity contribution >= 4 is 17.6 Å². The molecule has 7 nitrogen and oxygen atoms in total. The highest BCUT2D eigenvalue weighted by Crippen LogP contribution is 2.32. The van der Waals surface area contributed by atoms with Crippen molar-refractivity contribution in [2.24, 2.45) is 0 Å². The Morgan fingerprint density at radius 2 is 1.90 bits per heavy atom. The van der Waals surface area contributed by atoms with Gasteiger partial charge in [0.2, 0.25) is 5.82 Å². The zero-order valence-corrected chi connectivity index (χ0v) is 10.6. The van der Waals surface area contributed by atoms with Crippen LogP contribution >= 0.6 is 0 Å². The number of carbonyl (C=O) groups excluding carboxylic acids is 1. The van der Waals surface area contributed by atoms with E-state index in [4.69, 9.17) is 5.11 Å². The molecule has 0 bridgehead atoms. The third kappa shape index (κ3) is 2.54. The minimum atomic E-state index is -1.49. The minimum Gasteiger partial charge on any atom is -0.480 e. The fourth-order valence-electron chi connectivity index (χ4n) is 2.06. The Bertz CT molecular complexity index is 643. The molecule has 1 aromatic rings. The van der Waals surface area contributed by atoms with Crippen molar-refractivity contribution in [2.45, 2.75) is 24.8 Å². The maximum absolute atomic E-state index is 13.6. The number of nitrogens with zero attached hydrogens (tertiary/aromatic N) is 1. The lowest BCUT2D eigenvalue weighted by atomic mass is 9.76. The average Bonchev–Trinajstić information content (AvgIpc) is 2.32. The molecular weight excluding hydrogens is 290 g/mol. The number of aliphatic carboxylic acids is 1. The molecule has 0 aliphatic heterocycles. The fourth-order valence-corrected chi connectivity index (χ4v) is 2.06. The Morgan fingerprint density at radius 1 is 1.29 bits per heavy atom. The van der Waals surface area contributed by atoms with Crippen molar-refractivity contribution in [2.75, 3.05) is 0 Å². The van der Waals surface area contributed by atoms with E-state index in [1.807, 2.05) is 0 Å². The predicted octanol–water partition coefficient (Wildman–Crippen LogP) is 1.61. The van der Waals surface area contributed by atoms with Crippen molar-refractivity contribution in [1.82, 2.24) is 5.32 Å². The van der Waals surface area contributed by atoms with Crippen molar-refractivity contribution in [3.63, 3.8) is 0 Å². The monoisotopic (exact) mass is 300 g/mol. The third-order valence-electron chi connectivity index (χ3n) is 3.45. The number of benzene rings is 1. The molecule has 2 N–H and O–H groups in total. The zero-order valence-electron chi connectivity index (χ0n) is 10.6. The smallest absolute Gasteiger partial charge is 0.329 e. The summed E-state index contributed by atoms with van der Waals surface area (Å²) in [5.41, 5.74) is -3.32. The third-order valence-corrected chi connectivity index (χ3v) is 3.45. The van der Waals surface area contributed by atoms with Crippen molar-refractivity contribution < 1.29 is 28.4 Å². The van der Waals surface area contributed by atoms with Gasteiger partial charge in [0.05, 0.1) is 10.5 Å². The van der Waals surface area contributed by atoms with Gasteiger partial charge in [-0.25, -0.2) is 9.18 Å². The molecule has 0 aromatic heterocycles. The van der Waals surface area contributed by atoms with Gasteiger partial charge in [-0.15, -0.1) is 0 Å². The van der Waals surface area contributed by atoms with Crippen LogP contribution in [0.4, 0.5) is 14.5 Å². The Hall–Kier alpha value is -2.58. The first-order chi connectivity index (χ1) is 9.77. The molecule has 0 spiro atoms. The molecule has 1 aromatic carbocycles. The normalized spacial score (nSPS) is 15.9. The summed E-state index contributed by atoms with van der Waals surface area (Å²) in [5.74, 6) is -5.10. The van der Waals surface area contributed by atoms with Crippen molar-refractivity contribution in [3.8, 4) is 0 Å². The van der Waals surface area contributed by atoms with Gasteiger partial charge in [-0.3, -0.25) is 14.9 Å². The number of rotatable bonds is 4. The highest BCUT2D eigenvalue weighted by molar-refractivity contribution is 5.98. The number of halogens is 2. The molecule has 1 fully saturated rings. The second-order valence-electron chi connectivity index (χ2n) is 4.74. The lowest BCUT2D eigenvalue weighted by molar-refractivity contribution is -0.387. The van der Waals surface area contributed by atoms with Gasteiger partial charge in [0.15, 0.2) is 0 Å². The van der Waals surface area contributed by atoms with Crippen LogP contribution in [0.5, 0.6) is 0 Å². The summed E-state index contributed by atoms with van der Waals surface area (Å²) in [6, 6.07) is 0.676. The molecule has 9 heteroatoms. The number of carbonyl (C=O) groups is 2. The molecule has 0 saturated heterocycles. The molecule has 21 heavy (non-hydrogen) atoms. The molecule has 1 amide bonds. The first kappa shape index (κ1) is 14.8. The molecule has 1 aliphatic carbocycles. The number of nitro groups is 1. The summed E-state index contributed by atoms with van der Waals surface area (Å²) >= 11 is 0. The zero-order chi connectivity index (χ0) is 15.8. The van der Waals surface area contributed by atoms with Crippen LogP contribution in [-0.2, 0) is 4.79 Å². The van der Waals surface area contributed by atoms with Gasteiger partial charge >= 0.3 is 11.7 Å². The largest absolute Gasteiger partial charge is 0.480 e. The van der Waals surface area contributed by atoms with E-state index < -0.39 is 45.2 Å². The van der Waals surface area contributed by atoms with E-state index in [9.17, 15) is 28.5 Å². The van der Waals surface area contributed by atoms with Crippen LogP contribution in [-0.4, -0.2) is 27.4 Å². The van der Waals surface area contributed by atoms with E-state index in [2.05, 4.69) is 5.32 Å². The highest BCUT2D eigenvalue weighted by atomic mass is 19.1. The molecular formula is C12H10F2N2O5.